The summed E-state index contributed by atoms with van der Waals surface area (Å²) in [6, 6.07) is 0. The predicted molar refractivity (Wildman–Crippen MR) is 256 cm³/mol. The van der Waals surface area contributed by atoms with Crippen molar-refractivity contribution in [2.45, 2.75) is 174 Å². The Kier molecular flexibility index (Phi) is 43.7. The second kappa shape index (κ2) is 46.2. The number of allylic oxidation sites excluding steroid dienone is 18. The smallest absolute Gasteiger partial charge is 0.463 e. The number of ether oxygens (including phenoxy) is 1. The van der Waals surface area contributed by atoms with Crippen molar-refractivity contribution in [2.24, 2.45) is 0 Å². The van der Waals surface area contributed by atoms with Gasteiger partial charge in [-0.25, -0.2) is 4.57 Å². The predicted octanol–water partition coefficient (Wildman–Crippen LogP) is 13.5. The third-order valence-corrected chi connectivity index (χ3v) is 10.2. The lowest BCUT2D eigenvalue weighted by molar-refractivity contribution is -0.147. The highest BCUT2D eigenvalue weighted by Crippen LogP contribution is 2.42. The van der Waals surface area contributed by atoms with Gasteiger partial charge in [0, 0.05) is 19.4 Å². The van der Waals surface area contributed by atoms with E-state index in [9.17, 15) is 24.2 Å². The number of unbranched alkanes of at least 4 members (excludes halogenated alkanes) is 11. The largest absolute Gasteiger partial charge is 0.472 e. The van der Waals surface area contributed by atoms with E-state index in [4.69, 9.17) is 13.8 Å². The second-order valence-corrected chi connectivity index (χ2v) is 16.4. The third kappa shape index (κ3) is 47.6. The lowest BCUT2D eigenvalue weighted by Gasteiger charge is -2.15. The normalized spacial score (nSPS) is 14.2. The Morgan fingerprint density at radius 2 is 0.934 bits per heavy atom. The topological polar surface area (TPSA) is 131 Å². The first-order valence-corrected chi connectivity index (χ1v) is 24.9. The molecule has 10 heteroatoms. The first-order chi connectivity index (χ1) is 29.8. The second-order valence-electron chi connectivity index (χ2n) is 15.0. The molecule has 0 heterocycles. The van der Waals surface area contributed by atoms with Crippen molar-refractivity contribution in [3.05, 3.63) is 109 Å². The van der Waals surface area contributed by atoms with Crippen LogP contribution in [0.4, 0.5) is 0 Å². The molecule has 0 aliphatic rings. The number of carbonyl (C=O) groups is 2. The Morgan fingerprint density at radius 3 is 1.43 bits per heavy atom. The highest BCUT2D eigenvalue weighted by atomic mass is 31.2. The molecule has 3 N–H and O–H groups in total. The maximum Gasteiger partial charge on any atom is 0.472 e. The van der Waals surface area contributed by atoms with Gasteiger partial charge in [0.15, 0.2) is 0 Å². The summed E-state index contributed by atoms with van der Waals surface area (Å²) < 4.78 is 26.9. The summed E-state index contributed by atoms with van der Waals surface area (Å²) in [6.45, 7) is 3.32. The minimum atomic E-state index is -4.44. The van der Waals surface area contributed by atoms with Gasteiger partial charge in [0.1, 0.15) is 12.7 Å². The van der Waals surface area contributed by atoms with Crippen LogP contribution in [0.1, 0.15) is 168 Å². The molecule has 0 fully saturated rings. The van der Waals surface area contributed by atoms with Crippen molar-refractivity contribution in [1.29, 1.82) is 0 Å². The first-order valence-electron chi connectivity index (χ1n) is 23.4. The Balaban J connectivity index is 3.71. The molecule has 0 spiro atoms. The summed E-state index contributed by atoms with van der Waals surface area (Å²) in [5.41, 5.74) is 0. The summed E-state index contributed by atoms with van der Waals surface area (Å²) >= 11 is 0. The van der Waals surface area contributed by atoms with Gasteiger partial charge >= 0.3 is 13.8 Å². The zero-order valence-electron chi connectivity index (χ0n) is 38.1. The van der Waals surface area contributed by atoms with Crippen molar-refractivity contribution >= 4 is 19.7 Å². The summed E-state index contributed by atoms with van der Waals surface area (Å²) in [7, 11) is -4.44. The molecule has 0 aromatic rings. The molecule has 61 heavy (non-hydrogen) atoms. The van der Waals surface area contributed by atoms with Crippen LogP contribution in [0.25, 0.3) is 0 Å². The number of esters is 1. The number of phosphoric ester groups is 1. The van der Waals surface area contributed by atoms with E-state index in [0.29, 0.717) is 12.8 Å². The van der Waals surface area contributed by atoms with Crippen LogP contribution in [0.5, 0.6) is 0 Å². The Morgan fingerprint density at radius 1 is 0.525 bits per heavy atom. The third-order valence-electron chi connectivity index (χ3n) is 9.19. The van der Waals surface area contributed by atoms with E-state index in [1.165, 1.54) is 38.5 Å². The molecular weight excluding hydrogens is 786 g/mol. The number of hydrogen-bond donors (Lipinski definition) is 3. The monoisotopic (exact) mass is 870 g/mol. The van der Waals surface area contributed by atoms with E-state index in [0.717, 1.165) is 96.3 Å². The van der Waals surface area contributed by atoms with E-state index in [1.807, 2.05) is 0 Å². The van der Waals surface area contributed by atoms with Crippen LogP contribution in [-0.2, 0) is 27.9 Å². The van der Waals surface area contributed by atoms with Gasteiger partial charge in [0.05, 0.1) is 13.2 Å². The molecular formula is C51H84NO8P. The van der Waals surface area contributed by atoms with Crippen LogP contribution in [0.15, 0.2) is 109 Å². The fraction of sp³-hybridized carbons (Fsp3) is 0.608. The molecule has 2 unspecified atom stereocenters. The molecule has 9 nitrogen and oxygen atoms in total. The number of phosphoric acid groups is 1. The van der Waals surface area contributed by atoms with Crippen molar-refractivity contribution in [3.8, 4) is 0 Å². The lowest BCUT2D eigenvalue weighted by atomic mass is 10.1. The Bertz CT molecular complexity index is 1360. The number of nitrogens with one attached hydrogen (secondary N) is 1. The first kappa shape index (κ1) is 57.7. The average molecular weight is 870 g/mol. The van der Waals surface area contributed by atoms with E-state index in [-0.39, 0.29) is 32.1 Å². The number of amides is 1. The molecule has 1 amide bonds. The number of rotatable bonds is 42. The fourth-order valence-corrected chi connectivity index (χ4v) is 6.44. The number of carbonyl (C=O) groups excluding carboxylic acids is 2. The number of hydrogen-bond acceptors (Lipinski definition) is 7. The highest BCUT2D eigenvalue weighted by molar-refractivity contribution is 7.47. The van der Waals surface area contributed by atoms with Crippen molar-refractivity contribution in [2.75, 3.05) is 26.4 Å². The summed E-state index contributed by atoms with van der Waals surface area (Å²) in [5.74, 6) is -0.582. The molecule has 0 saturated heterocycles. The van der Waals surface area contributed by atoms with Crippen molar-refractivity contribution in [3.63, 3.8) is 0 Å². The van der Waals surface area contributed by atoms with E-state index in [1.54, 1.807) is 0 Å². The summed E-state index contributed by atoms with van der Waals surface area (Å²) in [4.78, 5) is 34.0. The van der Waals surface area contributed by atoms with Gasteiger partial charge in [-0.2, -0.15) is 0 Å². The summed E-state index contributed by atoms with van der Waals surface area (Å²) in [5, 5.41) is 12.7. The van der Waals surface area contributed by atoms with Crippen LogP contribution >= 0.6 is 7.82 Å². The minimum absolute atomic E-state index is 0.0489. The lowest BCUT2D eigenvalue weighted by Crippen LogP contribution is -2.27. The molecule has 0 aromatic carbocycles. The van der Waals surface area contributed by atoms with Gasteiger partial charge in [0.25, 0.3) is 0 Å². The Labute approximate surface area is 371 Å². The highest BCUT2D eigenvalue weighted by Gasteiger charge is 2.23. The van der Waals surface area contributed by atoms with E-state index < -0.39 is 26.5 Å². The minimum Gasteiger partial charge on any atom is -0.463 e. The van der Waals surface area contributed by atoms with Crippen molar-refractivity contribution in [1.82, 2.24) is 5.32 Å². The quantitative estimate of drug-likeness (QED) is 0.0239. The number of aliphatic hydroxyl groups excluding tert-OH is 1. The molecule has 0 aliphatic heterocycles. The van der Waals surface area contributed by atoms with Gasteiger partial charge in [-0.15, -0.1) is 0 Å². The molecule has 0 aromatic heterocycles. The molecule has 0 radical (unpaired) electrons. The van der Waals surface area contributed by atoms with Gasteiger partial charge in [0.2, 0.25) is 5.91 Å². The van der Waals surface area contributed by atoms with Crippen LogP contribution in [0.2, 0.25) is 0 Å². The van der Waals surface area contributed by atoms with Crippen LogP contribution in [0.3, 0.4) is 0 Å². The molecule has 346 valence electrons. The SMILES string of the molecule is CC/C=C\C/C=C\C/C=C\C/C=C\C/C=C\C/C=C\CCCCC(=O)NCCOP(=O)(O)OCC(O)COC(=O)CCCCCCCC/C=C\C/C=C\C/C=C\CCCCC. The standard InChI is InChI=1S/C51H84NO8P/c1-3-5-7-9-11-13-15-17-19-21-23-24-26-27-29-31-33-35-37-39-41-43-50(54)52-45-46-59-61(56,57)60-48-49(53)47-58-51(55)44-42-40-38-36-34-32-30-28-25-22-20-18-16-14-12-10-8-6-4-2/h5,7,11-14,17-20,23-25,27-29,33,35,49,53H,3-4,6,8-10,15-16,21-22,26,30-32,34,36-48H2,1-2H3,(H,52,54)(H,56,57)/b7-5-,13-11-,14-12-,19-17-,20-18-,24-23-,28-25-,29-27-,35-33-. The van der Waals surface area contributed by atoms with Gasteiger partial charge in [-0.3, -0.25) is 18.6 Å². The average Bonchev–Trinajstić information content (AvgIpc) is 3.25. The Hall–Kier alpha value is -3.33. The number of aliphatic hydroxyl groups is 1. The van der Waals surface area contributed by atoms with E-state index in [2.05, 4.69) is 129 Å². The van der Waals surface area contributed by atoms with Crippen LogP contribution in [-0.4, -0.2) is 54.3 Å². The maximum absolute atomic E-state index is 12.1. The van der Waals surface area contributed by atoms with Crippen molar-refractivity contribution < 1.29 is 37.9 Å². The zero-order valence-corrected chi connectivity index (χ0v) is 39.0. The van der Waals surface area contributed by atoms with Gasteiger partial charge in [-0.1, -0.05) is 162 Å². The fourth-order valence-electron chi connectivity index (χ4n) is 5.68. The van der Waals surface area contributed by atoms with Gasteiger partial charge < -0.3 is 20.1 Å². The molecule has 0 bridgehead atoms. The van der Waals surface area contributed by atoms with Crippen LogP contribution in [0, 0.1) is 0 Å². The maximum atomic E-state index is 12.1. The van der Waals surface area contributed by atoms with E-state index >= 15 is 0 Å². The molecule has 2 atom stereocenters. The summed E-state index contributed by atoms with van der Waals surface area (Å²) in [6.07, 6.45) is 61.6. The van der Waals surface area contributed by atoms with Crippen LogP contribution < -0.4 is 5.32 Å². The molecule has 0 aliphatic carbocycles. The molecule has 0 saturated carbocycles. The van der Waals surface area contributed by atoms with Gasteiger partial charge in [-0.05, 0) is 103 Å². The zero-order chi connectivity index (χ0) is 44.6. The molecule has 0 rings (SSSR count).